The van der Waals surface area contributed by atoms with E-state index in [0.29, 0.717) is 12.5 Å². The first kappa shape index (κ1) is 20.1. The predicted molar refractivity (Wildman–Crippen MR) is 109 cm³/mol. The van der Waals surface area contributed by atoms with Crippen LogP contribution in [0, 0.1) is 0 Å². The molecule has 0 aliphatic carbocycles. The Labute approximate surface area is 157 Å². The van der Waals surface area contributed by atoms with E-state index >= 15 is 0 Å². The van der Waals surface area contributed by atoms with Crippen LogP contribution in [0.5, 0.6) is 0 Å². The summed E-state index contributed by atoms with van der Waals surface area (Å²) in [6, 6.07) is 10.5. The normalized spacial score (nSPS) is 14.8. The van der Waals surface area contributed by atoms with Crippen LogP contribution in [0.15, 0.2) is 35.3 Å². The van der Waals surface area contributed by atoms with Crippen molar-refractivity contribution in [3.05, 3.63) is 30.3 Å². The second kappa shape index (κ2) is 11.4. The van der Waals surface area contributed by atoms with Crippen molar-refractivity contribution < 1.29 is 4.79 Å². The molecule has 144 valence electrons. The molecule has 0 spiro atoms. The van der Waals surface area contributed by atoms with Crippen molar-refractivity contribution in [3.8, 4) is 0 Å². The highest BCUT2D eigenvalue weighted by Crippen LogP contribution is 2.12. The topological polar surface area (TPSA) is 60.0 Å². The van der Waals surface area contributed by atoms with E-state index < -0.39 is 0 Å². The molecule has 1 aliphatic heterocycles. The monoisotopic (exact) mass is 359 g/mol. The zero-order valence-electron chi connectivity index (χ0n) is 16.2. The number of rotatable bonds is 8. The van der Waals surface area contributed by atoms with E-state index in [1.165, 1.54) is 12.1 Å². The summed E-state index contributed by atoms with van der Waals surface area (Å²) in [5.41, 5.74) is 1.25. The Kier molecular flexibility index (Phi) is 8.79. The Bertz CT molecular complexity index is 555. The summed E-state index contributed by atoms with van der Waals surface area (Å²) in [5.74, 6) is 0.854. The minimum absolute atomic E-state index is 0.161. The van der Waals surface area contributed by atoms with Gasteiger partial charge in [-0.3, -0.25) is 9.79 Å². The molecule has 1 heterocycles. The van der Waals surface area contributed by atoms with Crippen LogP contribution in [0.3, 0.4) is 0 Å². The van der Waals surface area contributed by atoms with E-state index in [4.69, 9.17) is 0 Å². The number of nitrogens with zero attached hydrogens (tertiary/aromatic N) is 3. The number of para-hydroxylation sites is 1. The van der Waals surface area contributed by atoms with Crippen LogP contribution in [0.4, 0.5) is 5.69 Å². The predicted octanol–water partition coefficient (Wildman–Crippen LogP) is 2.08. The number of carbonyl (C=O) groups excluding carboxylic acids is 1. The van der Waals surface area contributed by atoms with Gasteiger partial charge < -0.3 is 20.4 Å². The van der Waals surface area contributed by atoms with Crippen LogP contribution in [-0.2, 0) is 4.79 Å². The summed E-state index contributed by atoms with van der Waals surface area (Å²) in [6.45, 7) is 7.05. The molecule has 6 nitrogen and oxygen atoms in total. The van der Waals surface area contributed by atoms with Gasteiger partial charge in [0.15, 0.2) is 5.96 Å². The molecule has 0 aromatic heterocycles. The minimum Gasteiger partial charge on any atom is -0.372 e. The molecule has 2 N–H and O–H groups in total. The Hall–Kier alpha value is -2.24. The highest BCUT2D eigenvalue weighted by atomic mass is 16.2. The number of aliphatic imine (C=N–C) groups is 1. The molecule has 26 heavy (non-hydrogen) atoms. The van der Waals surface area contributed by atoms with Gasteiger partial charge in [-0.2, -0.15) is 0 Å². The number of nitrogens with one attached hydrogen (secondary N) is 2. The molecule has 1 fully saturated rings. The van der Waals surface area contributed by atoms with E-state index in [1.54, 1.807) is 7.05 Å². The Balaban J connectivity index is 1.66. The third-order valence-electron chi connectivity index (χ3n) is 4.74. The van der Waals surface area contributed by atoms with Crippen molar-refractivity contribution in [3.63, 3.8) is 0 Å². The fourth-order valence-electron chi connectivity index (χ4n) is 3.22. The lowest BCUT2D eigenvalue weighted by Gasteiger charge is -2.27. The first-order chi connectivity index (χ1) is 12.7. The van der Waals surface area contributed by atoms with Gasteiger partial charge in [-0.05, 0) is 44.7 Å². The fourth-order valence-corrected chi connectivity index (χ4v) is 3.22. The lowest BCUT2D eigenvalue weighted by atomic mass is 10.1. The van der Waals surface area contributed by atoms with Gasteiger partial charge in [0.1, 0.15) is 0 Å². The smallest absolute Gasteiger partial charge is 0.241 e. The third-order valence-corrected chi connectivity index (χ3v) is 4.74. The van der Waals surface area contributed by atoms with Gasteiger partial charge in [0.2, 0.25) is 5.91 Å². The average molecular weight is 360 g/mol. The van der Waals surface area contributed by atoms with Crippen LogP contribution in [-0.4, -0.2) is 63.1 Å². The number of carbonyl (C=O) groups is 1. The molecular weight excluding hydrogens is 326 g/mol. The molecule has 0 bridgehead atoms. The highest BCUT2D eigenvalue weighted by molar-refractivity contribution is 5.86. The first-order valence-corrected chi connectivity index (χ1v) is 9.77. The van der Waals surface area contributed by atoms with Crippen LogP contribution < -0.4 is 15.5 Å². The second-order valence-corrected chi connectivity index (χ2v) is 6.56. The summed E-state index contributed by atoms with van der Waals surface area (Å²) in [5, 5.41) is 6.43. The first-order valence-electron chi connectivity index (χ1n) is 9.77. The summed E-state index contributed by atoms with van der Waals surface area (Å²) < 4.78 is 0. The van der Waals surface area contributed by atoms with Crippen molar-refractivity contribution in [2.24, 2.45) is 4.99 Å². The van der Waals surface area contributed by atoms with Gasteiger partial charge in [-0.1, -0.05) is 18.2 Å². The SMILES string of the molecule is CCN(CCCNC(=NC)NCC(=O)N1CCCCC1)c1ccccc1. The highest BCUT2D eigenvalue weighted by Gasteiger charge is 2.16. The lowest BCUT2D eigenvalue weighted by Crippen LogP contribution is -2.46. The minimum atomic E-state index is 0.161. The van der Waals surface area contributed by atoms with Crippen LogP contribution in [0.25, 0.3) is 0 Å². The lowest BCUT2D eigenvalue weighted by molar-refractivity contribution is -0.130. The second-order valence-electron chi connectivity index (χ2n) is 6.56. The molecule has 0 saturated carbocycles. The number of anilines is 1. The van der Waals surface area contributed by atoms with E-state index in [1.807, 2.05) is 11.0 Å². The average Bonchev–Trinajstić information content (AvgIpc) is 2.71. The molecule has 0 atom stereocenters. The molecule has 1 amide bonds. The van der Waals surface area contributed by atoms with Gasteiger partial charge >= 0.3 is 0 Å². The van der Waals surface area contributed by atoms with Crippen molar-refractivity contribution in [1.82, 2.24) is 15.5 Å². The van der Waals surface area contributed by atoms with Crippen LogP contribution >= 0.6 is 0 Å². The van der Waals surface area contributed by atoms with E-state index in [-0.39, 0.29) is 5.91 Å². The van der Waals surface area contributed by atoms with Crippen LogP contribution in [0.1, 0.15) is 32.6 Å². The summed E-state index contributed by atoms with van der Waals surface area (Å²) >= 11 is 0. The van der Waals surface area contributed by atoms with Gasteiger partial charge in [0.05, 0.1) is 6.54 Å². The van der Waals surface area contributed by atoms with E-state index in [9.17, 15) is 4.79 Å². The zero-order valence-corrected chi connectivity index (χ0v) is 16.2. The van der Waals surface area contributed by atoms with Gasteiger partial charge in [0.25, 0.3) is 0 Å². The molecular formula is C20H33N5O. The largest absolute Gasteiger partial charge is 0.372 e. The van der Waals surface area contributed by atoms with Gasteiger partial charge in [-0.15, -0.1) is 0 Å². The molecule has 6 heteroatoms. The van der Waals surface area contributed by atoms with Crippen molar-refractivity contribution in [2.75, 3.05) is 51.2 Å². The molecule has 1 aromatic rings. The summed E-state index contributed by atoms with van der Waals surface area (Å²) in [4.78, 5) is 20.7. The summed E-state index contributed by atoms with van der Waals surface area (Å²) in [7, 11) is 1.74. The van der Waals surface area contributed by atoms with Crippen molar-refractivity contribution in [2.45, 2.75) is 32.6 Å². The molecule has 1 aliphatic rings. The van der Waals surface area contributed by atoms with E-state index in [2.05, 4.69) is 51.7 Å². The van der Waals surface area contributed by atoms with Gasteiger partial charge in [0, 0.05) is 45.5 Å². The number of hydrogen-bond acceptors (Lipinski definition) is 3. The maximum Gasteiger partial charge on any atom is 0.241 e. The van der Waals surface area contributed by atoms with Crippen molar-refractivity contribution >= 4 is 17.6 Å². The number of hydrogen-bond donors (Lipinski definition) is 2. The zero-order chi connectivity index (χ0) is 18.6. The van der Waals surface area contributed by atoms with Gasteiger partial charge in [-0.25, -0.2) is 0 Å². The Morgan fingerprint density at radius 2 is 1.88 bits per heavy atom. The molecule has 2 rings (SSSR count). The summed E-state index contributed by atoms with van der Waals surface area (Å²) in [6.07, 6.45) is 4.48. The Morgan fingerprint density at radius 3 is 2.54 bits per heavy atom. The molecule has 0 unspecified atom stereocenters. The van der Waals surface area contributed by atoms with Crippen LogP contribution in [0.2, 0.25) is 0 Å². The number of piperidine rings is 1. The maximum absolute atomic E-state index is 12.2. The quantitative estimate of drug-likeness (QED) is 0.424. The Morgan fingerprint density at radius 1 is 1.15 bits per heavy atom. The number of guanidine groups is 1. The maximum atomic E-state index is 12.2. The number of amides is 1. The van der Waals surface area contributed by atoms with Crippen molar-refractivity contribution in [1.29, 1.82) is 0 Å². The number of likely N-dealkylation sites (tertiary alicyclic amines) is 1. The molecule has 1 aromatic carbocycles. The van der Waals surface area contributed by atoms with E-state index in [0.717, 1.165) is 52.0 Å². The molecule has 1 saturated heterocycles. The standard InChI is InChI=1S/C20H33N5O/c1-3-24(18-11-6-4-7-12-18)16-10-13-22-20(21-2)23-17-19(26)25-14-8-5-9-15-25/h4,6-7,11-12H,3,5,8-10,13-17H2,1-2H3,(H2,21,22,23). The molecule has 0 radical (unpaired) electrons. The fraction of sp³-hybridized carbons (Fsp3) is 0.600. The number of benzene rings is 1. The third kappa shape index (κ3) is 6.58.